The number of Topliss-reactive ketones (excluding diaryl/α,β-unsaturated/α-hetero) is 1. The van der Waals surface area contributed by atoms with Gasteiger partial charge in [-0.1, -0.05) is 34.1 Å². The molecule has 0 rings (SSSR count). The van der Waals surface area contributed by atoms with Crippen LogP contribution in [0, 0.1) is 11.3 Å². The van der Waals surface area contributed by atoms with E-state index < -0.39 is 18.0 Å². The van der Waals surface area contributed by atoms with Gasteiger partial charge in [0.15, 0.2) is 5.78 Å². The summed E-state index contributed by atoms with van der Waals surface area (Å²) in [7, 11) is 0. The molecule has 0 saturated heterocycles. The molecule has 19 heavy (non-hydrogen) atoms. The maximum Gasteiger partial charge on any atom is 0.316 e. The first-order valence-electron chi connectivity index (χ1n) is 7.11. The fraction of sp³-hybridized carbons (Fsp3) is 0.867. The van der Waals surface area contributed by atoms with E-state index in [0.29, 0.717) is 19.6 Å². The van der Waals surface area contributed by atoms with Crippen molar-refractivity contribution in [2.75, 3.05) is 13.2 Å². The molecule has 4 nitrogen and oxygen atoms in total. The van der Waals surface area contributed by atoms with Crippen LogP contribution >= 0.6 is 0 Å². The van der Waals surface area contributed by atoms with Crippen LogP contribution in [0.25, 0.3) is 0 Å². The normalized spacial score (nSPS) is 14.8. The Balaban J connectivity index is 5.08. The predicted molar refractivity (Wildman–Crippen MR) is 74.9 cm³/mol. The summed E-state index contributed by atoms with van der Waals surface area (Å²) < 4.78 is 10.6. The van der Waals surface area contributed by atoms with Crippen molar-refractivity contribution in [1.29, 1.82) is 0 Å². The van der Waals surface area contributed by atoms with Gasteiger partial charge in [-0.15, -0.1) is 0 Å². The van der Waals surface area contributed by atoms with Gasteiger partial charge in [-0.05, 0) is 25.7 Å². The molecule has 0 spiro atoms. The Kier molecular flexibility index (Phi) is 7.91. The van der Waals surface area contributed by atoms with Gasteiger partial charge in [0.05, 0.1) is 6.61 Å². The third kappa shape index (κ3) is 5.72. The molecule has 0 aromatic carbocycles. The Morgan fingerprint density at radius 2 is 1.63 bits per heavy atom. The molecule has 0 aromatic heterocycles. The number of ketones is 1. The molecule has 0 heterocycles. The number of carbonyl (C=O) groups excluding carboxylic acids is 2. The molecule has 0 aliphatic rings. The SMILES string of the molecule is CCCC(C(=O)OCC)C(=O)C(OCC)C(C)(C)C. The summed E-state index contributed by atoms with van der Waals surface area (Å²) in [6.07, 6.45) is 0.702. The lowest BCUT2D eigenvalue weighted by Gasteiger charge is -2.31. The predicted octanol–water partition coefficient (Wildman–Crippen LogP) is 2.99. The van der Waals surface area contributed by atoms with Crippen LogP contribution in [0.15, 0.2) is 0 Å². The second-order valence-electron chi connectivity index (χ2n) is 5.70. The van der Waals surface area contributed by atoms with Crippen LogP contribution in [0.1, 0.15) is 54.4 Å². The van der Waals surface area contributed by atoms with Gasteiger partial charge in [0.1, 0.15) is 12.0 Å². The molecule has 0 fully saturated rings. The highest BCUT2D eigenvalue weighted by Crippen LogP contribution is 2.27. The maximum absolute atomic E-state index is 12.6. The van der Waals surface area contributed by atoms with Crippen molar-refractivity contribution in [3.8, 4) is 0 Å². The largest absolute Gasteiger partial charge is 0.465 e. The van der Waals surface area contributed by atoms with Crippen LogP contribution < -0.4 is 0 Å². The first-order valence-corrected chi connectivity index (χ1v) is 7.11. The van der Waals surface area contributed by atoms with Crippen molar-refractivity contribution < 1.29 is 19.1 Å². The summed E-state index contributed by atoms with van der Waals surface area (Å²) >= 11 is 0. The maximum atomic E-state index is 12.6. The fourth-order valence-corrected chi connectivity index (χ4v) is 2.02. The number of ether oxygens (including phenoxy) is 2. The number of carbonyl (C=O) groups is 2. The van der Waals surface area contributed by atoms with Crippen LogP contribution in [0.3, 0.4) is 0 Å². The van der Waals surface area contributed by atoms with E-state index >= 15 is 0 Å². The average molecular weight is 272 g/mol. The molecule has 0 aliphatic heterocycles. The summed E-state index contributed by atoms with van der Waals surface area (Å²) in [5, 5.41) is 0. The van der Waals surface area contributed by atoms with Gasteiger partial charge in [-0.25, -0.2) is 0 Å². The summed E-state index contributed by atoms with van der Waals surface area (Å²) in [5.74, 6) is -1.29. The summed E-state index contributed by atoms with van der Waals surface area (Å²) in [6, 6.07) is 0. The van der Waals surface area contributed by atoms with Gasteiger partial charge < -0.3 is 9.47 Å². The number of hydrogen-bond donors (Lipinski definition) is 0. The van der Waals surface area contributed by atoms with E-state index in [0.717, 1.165) is 6.42 Å². The Bertz CT molecular complexity index is 291. The second-order valence-corrected chi connectivity index (χ2v) is 5.70. The Morgan fingerprint density at radius 1 is 1.05 bits per heavy atom. The van der Waals surface area contributed by atoms with Crippen molar-refractivity contribution in [2.24, 2.45) is 11.3 Å². The lowest BCUT2D eigenvalue weighted by atomic mass is 9.81. The van der Waals surface area contributed by atoms with Crippen molar-refractivity contribution >= 4 is 11.8 Å². The van der Waals surface area contributed by atoms with Crippen LogP contribution in [0.4, 0.5) is 0 Å². The third-order valence-electron chi connectivity index (χ3n) is 2.87. The zero-order valence-corrected chi connectivity index (χ0v) is 13.1. The van der Waals surface area contributed by atoms with Crippen molar-refractivity contribution in [3.63, 3.8) is 0 Å². The highest BCUT2D eigenvalue weighted by Gasteiger charge is 2.39. The van der Waals surface area contributed by atoms with Gasteiger partial charge in [-0.3, -0.25) is 9.59 Å². The quantitative estimate of drug-likeness (QED) is 0.503. The van der Waals surface area contributed by atoms with Crippen molar-refractivity contribution in [1.82, 2.24) is 0 Å². The lowest BCUT2D eigenvalue weighted by Crippen LogP contribution is -2.43. The summed E-state index contributed by atoms with van der Waals surface area (Å²) in [6.45, 7) is 12.1. The minimum absolute atomic E-state index is 0.158. The summed E-state index contributed by atoms with van der Waals surface area (Å²) in [5.41, 5.74) is -0.328. The van der Waals surface area contributed by atoms with E-state index in [-0.39, 0.29) is 11.2 Å². The monoisotopic (exact) mass is 272 g/mol. The van der Waals surface area contributed by atoms with Gasteiger partial charge >= 0.3 is 5.97 Å². The van der Waals surface area contributed by atoms with Gasteiger partial charge in [0.2, 0.25) is 0 Å². The van der Waals surface area contributed by atoms with Crippen LogP contribution in [0.2, 0.25) is 0 Å². The number of hydrogen-bond acceptors (Lipinski definition) is 4. The van der Waals surface area contributed by atoms with E-state index in [4.69, 9.17) is 9.47 Å². The Morgan fingerprint density at radius 3 is 2.00 bits per heavy atom. The molecule has 0 amide bonds. The Hall–Kier alpha value is -0.900. The average Bonchev–Trinajstić information content (AvgIpc) is 2.31. The van der Waals surface area contributed by atoms with Crippen molar-refractivity contribution in [2.45, 2.75) is 60.5 Å². The van der Waals surface area contributed by atoms with E-state index in [1.54, 1.807) is 6.92 Å². The minimum Gasteiger partial charge on any atom is -0.465 e. The molecule has 0 radical (unpaired) electrons. The number of esters is 1. The lowest BCUT2D eigenvalue weighted by molar-refractivity contribution is -0.158. The highest BCUT2D eigenvalue weighted by atomic mass is 16.5. The Labute approximate surface area is 116 Å². The fourth-order valence-electron chi connectivity index (χ4n) is 2.02. The topological polar surface area (TPSA) is 52.6 Å². The second kappa shape index (κ2) is 8.31. The molecule has 0 saturated carbocycles. The standard InChI is InChI=1S/C15H28O4/c1-7-10-11(14(17)19-9-3)12(16)13(18-8-2)15(4,5)6/h11,13H,7-10H2,1-6H3. The molecular weight excluding hydrogens is 244 g/mol. The molecule has 2 unspecified atom stereocenters. The molecule has 0 aromatic rings. The first-order chi connectivity index (χ1) is 8.79. The van der Waals surface area contributed by atoms with Gasteiger partial charge in [0.25, 0.3) is 0 Å². The molecule has 2 atom stereocenters. The van der Waals surface area contributed by atoms with E-state index in [2.05, 4.69) is 0 Å². The molecule has 112 valence electrons. The first kappa shape index (κ1) is 18.1. The third-order valence-corrected chi connectivity index (χ3v) is 2.87. The van der Waals surface area contributed by atoms with Crippen LogP contribution in [-0.2, 0) is 19.1 Å². The highest BCUT2D eigenvalue weighted by molar-refractivity contribution is 6.01. The molecular formula is C15H28O4. The van der Waals surface area contributed by atoms with Crippen molar-refractivity contribution in [3.05, 3.63) is 0 Å². The molecule has 0 aliphatic carbocycles. The molecule has 0 N–H and O–H groups in total. The molecule has 0 bridgehead atoms. The van der Waals surface area contributed by atoms with E-state index in [1.807, 2.05) is 34.6 Å². The number of rotatable bonds is 8. The van der Waals surface area contributed by atoms with Crippen LogP contribution in [-0.4, -0.2) is 31.1 Å². The summed E-state index contributed by atoms with van der Waals surface area (Å²) in [4.78, 5) is 24.5. The zero-order valence-electron chi connectivity index (χ0n) is 13.1. The van der Waals surface area contributed by atoms with E-state index in [9.17, 15) is 9.59 Å². The smallest absolute Gasteiger partial charge is 0.316 e. The van der Waals surface area contributed by atoms with Crippen LogP contribution in [0.5, 0.6) is 0 Å². The zero-order chi connectivity index (χ0) is 15.1. The minimum atomic E-state index is -0.708. The van der Waals surface area contributed by atoms with Gasteiger partial charge in [0, 0.05) is 6.61 Å². The molecule has 4 heteroatoms. The van der Waals surface area contributed by atoms with E-state index in [1.165, 1.54) is 0 Å². The van der Waals surface area contributed by atoms with Gasteiger partial charge in [-0.2, -0.15) is 0 Å².